The molecule has 0 bridgehead atoms. The van der Waals surface area contributed by atoms with Gasteiger partial charge in [0.05, 0.1) is 0 Å². The van der Waals surface area contributed by atoms with Gasteiger partial charge in [0.25, 0.3) is 0 Å². The van der Waals surface area contributed by atoms with Crippen molar-refractivity contribution >= 4 is 17.5 Å². The Morgan fingerprint density at radius 3 is 2.36 bits per heavy atom. The molecule has 4 rings (SSSR count). The van der Waals surface area contributed by atoms with Crippen LogP contribution in [-0.2, 0) is 19.1 Å². The lowest BCUT2D eigenvalue weighted by molar-refractivity contribution is -0.186. The summed E-state index contributed by atoms with van der Waals surface area (Å²) in [5.41, 5.74) is 1.67. The Bertz CT molecular complexity index is 779. The van der Waals surface area contributed by atoms with Crippen LogP contribution in [0.1, 0.15) is 86.0 Å². The molecule has 4 aliphatic rings. The average molecular weight is 387 g/mol. The molecule has 3 saturated carbocycles. The van der Waals surface area contributed by atoms with E-state index in [0.29, 0.717) is 42.8 Å². The molecule has 0 saturated heterocycles. The third-order valence-electron chi connectivity index (χ3n) is 9.31. The number of hydrogen-bond acceptors (Lipinski definition) is 4. The van der Waals surface area contributed by atoms with Crippen molar-refractivity contribution in [2.24, 2.45) is 28.6 Å². The largest absolute Gasteiger partial charge is 0.451 e. The SMILES string of the molecule is CC(=O)O[C@]1(C(C)=O)CC[C@H]2[C@@H]3CC(C)=C4CC(=O)CC[C@]4(C)[C@@H]3CC[C@@]21C. The third kappa shape index (κ3) is 2.45. The molecule has 4 nitrogen and oxygen atoms in total. The van der Waals surface area contributed by atoms with Crippen molar-refractivity contribution in [3.05, 3.63) is 11.1 Å². The Hall–Kier alpha value is -1.45. The van der Waals surface area contributed by atoms with E-state index in [-0.39, 0.29) is 22.6 Å². The molecule has 0 spiro atoms. The molecule has 4 aliphatic carbocycles. The predicted octanol–water partition coefficient (Wildman–Crippen LogP) is 4.80. The van der Waals surface area contributed by atoms with Crippen molar-refractivity contribution in [3.8, 4) is 0 Å². The number of hydrogen-bond donors (Lipinski definition) is 0. The fourth-order valence-electron chi connectivity index (χ4n) is 7.99. The molecule has 6 atom stereocenters. The first-order valence-corrected chi connectivity index (χ1v) is 11.0. The van der Waals surface area contributed by atoms with Crippen LogP contribution < -0.4 is 0 Å². The van der Waals surface area contributed by atoms with E-state index in [4.69, 9.17) is 4.74 Å². The molecule has 0 aromatic heterocycles. The number of carbonyl (C=O) groups is 3. The number of Topliss-reactive ketones (excluding diaryl/α,β-unsaturated/α-hetero) is 2. The number of rotatable bonds is 2. The lowest BCUT2D eigenvalue weighted by Crippen LogP contribution is -2.58. The zero-order valence-electron chi connectivity index (χ0n) is 18.0. The molecule has 0 aliphatic heterocycles. The first kappa shape index (κ1) is 19.8. The van der Waals surface area contributed by atoms with E-state index in [1.165, 1.54) is 18.1 Å². The van der Waals surface area contributed by atoms with Crippen molar-refractivity contribution < 1.29 is 19.1 Å². The van der Waals surface area contributed by atoms with Crippen LogP contribution in [0, 0.1) is 28.6 Å². The fourth-order valence-corrected chi connectivity index (χ4v) is 7.99. The zero-order chi connectivity index (χ0) is 20.5. The third-order valence-corrected chi connectivity index (χ3v) is 9.31. The summed E-state index contributed by atoms with van der Waals surface area (Å²) in [4.78, 5) is 36.8. The van der Waals surface area contributed by atoms with Gasteiger partial charge in [-0.15, -0.1) is 0 Å². The van der Waals surface area contributed by atoms with E-state index in [9.17, 15) is 14.4 Å². The van der Waals surface area contributed by atoms with E-state index in [1.807, 2.05) is 0 Å². The summed E-state index contributed by atoms with van der Waals surface area (Å²) in [5, 5.41) is 0. The molecule has 0 aromatic rings. The maximum absolute atomic E-state index is 12.8. The van der Waals surface area contributed by atoms with Crippen molar-refractivity contribution in [3.63, 3.8) is 0 Å². The van der Waals surface area contributed by atoms with Crippen LogP contribution in [0.2, 0.25) is 0 Å². The van der Waals surface area contributed by atoms with Gasteiger partial charge in [0.15, 0.2) is 11.4 Å². The first-order chi connectivity index (χ1) is 13.0. The predicted molar refractivity (Wildman–Crippen MR) is 107 cm³/mol. The molecule has 154 valence electrons. The van der Waals surface area contributed by atoms with Gasteiger partial charge in [-0.25, -0.2) is 0 Å². The van der Waals surface area contributed by atoms with Gasteiger partial charge in [-0.3, -0.25) is 14.4 Å². The van der Waals surface area contributed by atoms with Gasteiger partial charge in [0.1, 0.15) is 5.78 Å². The van der Waals surface area contributed by atoms with Crippen LogP contribution in [-0.4, -0.2) is 23.1 Å². The topological polar surface area (TPSA) is 60.4 Å². The molecule has 4 heteroatoms. The van der Waals surface area contributed by atoms with Gasteiger partial charge >= 0.3 is 5.97 Å². The minimum atomic E-state index is -0.962. The van der Waals surface area contributed by atoms with Crippen LogP contribution in [0.4, 0.5) is 0 Å². The van der Waals surface area contributed by atoms with Crippen molar-refractivity contribution in [1.82, 2.24) is 0 Å². The van der Waals surface area contributed by atoms with Gasteiger partial charge in [0.2, 0.25) is 0 Å². The Labute approximate surface area is 168 Å². The normalized spacial score (nSPS) is 45.2. The summed E-state index contributed by atoms with van der Waals surface area (Å²) in [6.07, 6.45) is 6.89. The van der Waals surface area contributed by atoms with Gasteiger partial charge in [-0.05, 0) is 75.5 Å². The lowest BCUT2D eigenvalue weighted by Gasteiger charge is -2.59. The number of allylic oxidation sites excluding steroid dienone is 2. The summed E-state index contributed by atoms with van der Waals surface area (Å²) < 4.78 is 5.84. The van der Waals surface area contributed by atoms with Crippen molar-refractivity contribution in [1.29, 1.82) is 0 Å². The molecule has 3 fully saturated rings. The summed E-state index contributed by atoms with van der Waals surface area (Å²) in [7, 11) is 0. The maximum Gasteiger partial charge on any atom is 0.303 e. The van der Waals surface area contributed by atoms with Crippen molar-refractivity contribution in [2.75, 3.05) is 0 Å². The van der Waals surface area contributed by atoms with E-state index >= 15 is 0 Å². The summed E-state index contributed by atoms with van der Waals surface area (Å²) in [6, 6.07) is 0. The van der Waals surface area contributed by atoms with Crippen molar-refractivity contribution in [2.45, 2.75) is 91.6 Å². The molecule has 28 heavy (non-hydrogen) atoms. The molecular formula is C24H34O4. The highest BCUT2D eigenvalue weighted by molar-refractivity contribution is 5.89. The zero-order valence-corrected chi connectivity index (χ0v) is 18.0. The highest BCUT2D eigenvalue weighted by Gasteiger charge is 2.67. The van der Waals surface area contributed by atoms with Crippen LogP contribution in [0.3, 0.4) is 0 Å². The number of esters is 1. The maximum atomic E-state index is 12.8. The molecule has 0 N–H and O–H groups in total. The van der Waals surface area contributed by atoms with E-state index < -0.39 is 5.60 Å². The number of ether oxygens (including phenoxy) is 1. The smallest absolute Gasteiger partial charge is 0.303 e. The Kier molecular flexibility index (Phi) is 4.45. The molecule has 0 aromatic carbocycles. The van der Waals surface area contributed by atoms with Gasteiger partial charge in [-0.2, -0.15) is 0 Å². The second-order valence-electron chi connectivity index (χ2n) is 10.4. The fraction of sp³-hybridized carbons (Fsp3) is 0.792. The van der Waals surface area contributed by atoms with E-state index in [2.05, 4.69) is 20.8 Å². The highest BCUT2D eigenvalue weighted by atomic mass is 16.6. The van der Waals surface area contributed by atoms with Crippen LogP contribution in [0.5, 0.6) is 0 Å². The minimum absolute atomic E-state index is 0.00406. The summed E-state index contributed by atoms with van der Waals surface area (Å²) in [6.45, 7) is 9.82. The monoisotopic (exact) mass is 386 g/mol. The number of fused-ring (bicyclic) bond motifs is 5. The summed E-state index contributed by atoms with van der Waals surface area (Å²) in [5.74, 6) is 1.51. The highest BCUT2D eigenvalue weighted by Crippen LogP contribution is 2.68. The lowest BCUT2D eigenvalue weighted by atomic mass is 9.46. The molecular weight excluding hydrogens is 352 g/mol. The second-order valence-corrected chi connectivity index (χ2v) is 10.4. The van der Waals surface area contributed by atoms with Gasteiger partial charge in [0, 0.05) is 25.2 Å². The van der Waals surface area contributed by atoms with E-state index in [0.717, 1.165) is 32.1 Å². The quantitative estimate of drug-likeness (QED) is 0.505. The van der Waals surface area contributed by atoms with Crippen LogP contribution in [0.25, 0.3) is 0 Å². The molecule has 0 unspecified atom stereocenters. The first-order valence-electron chi connectivity index (χ1n) is 11.0. The van der Waals surface area contributed by atoms with Crippen LogP contribution >= 0.6 is 0 Å². The van der Waals surface area contributed by atoms with E-state index in [1.54, 1.807) is 6.92 Å². The summed E-state index contributed by atoms with van der Waals surface area (Å²) >= 11 is 0. The molecule has 0 radical (unpaired) electrons. The Morgan fingerprint density at radius 1 is 1.04 bits per heavy atom. The molecule has 0 heterocycles. The van der Waals surface area contributed by atoms with Gasteiger partial charge < -0.3 is 4.74 Å². The van der Waals surface area contributed by atoms with Crippen LogP contribution in [0.15, 0.2) is 11.1 Å². The Morgan fingerprint density at radius 2 is 1.71 bits per heavy atom. The molecule has 0 amide bonds. The Balaban J connectivity index is 1.74. The van der Waals surface area contributed by atoms with Gasteiger partial charge in [-0.1, -0.05) is 25.0 Å². The average Bonchev–Trinajstić information content (AvgIpc) is 2.90. The number of ketones is 2. The number of carbonyl (C=O) groups excluding carboxylic acids is 3. The minimum Gasteiger partial charge on any atom is -0.451 e. The second kappa shape index (κ2) is 6.27. The standard InChI is InChI=1S/C24H34O4/c1-14-12-18-19(22(4)9-6-17(27)13-21(14)22)7-10-23(5)20(18)8-11-24(23,15(2)25)28-16(3)26/h18-20H,6-13H2,1-5H3/t18-,19-,20+,22-,23+,24+/m1/s1.